The standard InChI is InChI=1S/C11H14F3N5/c1-7-9(5-15-2)10(18(3)17-7)19-6-8(4-16-19)11(12,13)14/h4,6,15H,5H2,1-3H3. The van der Waals surface area contributed by atoms with Gasteiger partial charge in [-0.05, 0) is 14.0 Å². The fraction of sp³-hybridized carbons (Fsp3) is 0.455. The number of nitrogens with one attached hydrogen (secondary N) is 1. The molecule has 0 aliphatic carbocycles. The third-order valence-electron chi connectivity index (χ3n) is 2.79. The van der Waals surface area contributed by atoms with Gasteiger partial charge in [0.25, 0.3) is 0 Å². The largest absolute Gasteiger partial charge is 0.419 e. The van der Waals surface area contributed by atoms with Gasteiger partial charge in [-0.15, -0.1) is 0 Å². The predicted octanol–water partition coefficient (Wildman–Crippen LogP) is 1.65. The van der Waals surface area contributed by atoms with Gasteiger partial charge in [0, 0.05) is 25.4 Å². The van der Waals surface area contributed by atoms with Gasteiger partial charge in [0.2, 0.25) is 0 Å². The van der Waals surface area contributed by atoms with Crippen LogP contribution in [-0.2, 0) is 19.8 Å². The van der Waals surface area contributed by atoms with Crippen molar-refractivity contribution < 1.29 is 13.2 Å². The molecule has 0 saturated heterocycles. The first-order valence-corrected chi connectivity index (χ1v) is 5.64. The Morgan fingerprint density at radius 2 is 2.05 bits per heavy atom. The van der Waals surface area contributed by atoms with E-state index in [0.29, 0.717) is 12.4 Å². The molecule has 0 unspecified atom stereocenters. The van der Waals surface area contributed by atoms with Crippen molar-refractivity contribution in [3.8, 4) is 5.82 Å². The molecule has 0 aromatic carbocycles. The molecular weight excluding hydrogens is 259 g/mol. The Labute approximate surface area is 108 Å². The van der Waals surface area contributed by atoms with Crippen molar-refractivity contribution in [3.05, 3.63) is 29.2 Å². The smallest absolute Gasteiger partial charge is 0.315 e. The van der Waals surface area contributed by atoms with E-state index in [-0.39, 0.29) is 0 Å². The van der Waals surface area contributed by atoms with E-state index in [4.69, 9.17) is 0 Å². The SMILES string of the molecule is CNCc1c(C)nn(C)c1-n1cc(C(F)(F)F)cn1. The number of hydrogen-bond donors (Lipinski definition) is 1. The van der Waals surface area contributed by atoms with Crippen molar-refractivity contribution in [3.63, 3.8) is 0 Å². The molecule has 0 radical (unpaired) electrons. The van der Waals surface area contributed by atoms with Crippen molar-refractivity contribution in [2.75, 3.05) is 7.05 Å². The van der Waals surface area contributed by atoms with Gasteiger partial charge in [-0.1, -0.05) is 0 Å². The third kappa shape index (κ3) is 2.48. The van der Waals surface area contributed by atoms with Gasteiger partial charge in [0.15, 0.2) is 5.82 Å². The number of rotatable bonds is 3. The van der Waals surface area contributed by atoms with Gasteiger partial charge in [-0.3, -0.25) is 4.68 Å². The molecule has 0 saturated carbocycles. The molecule has 2 aromatic heterocycles. The number of nitrogens with zero attached hydrogens (tertiary/aromatic N) is 4. The van der Waals surface area contributed by atoms with Crippen LogP contribution in [0.15, 0.2) is 12.4 Å². The molecule has 0 fully saturated rings. The van der Waals surface area contributed by atoms with Crippen molar-refractivity contribution in [1.29, 1.82) is 0 Å². The van der Waals surface area contributed by atoms with Gasteiger partial charge in [0.05, 0.1) is 17.5 Å². The minimum Gasteiger partial charge on any atom is -0.315 e. The fourth-order valence-electron chi connectivity index (χ4n) is 1.95. The average Bonchev–Trinajstić information content (AvgIpc) is 2.85. The average molecular weight is 273 g/mol. The fourth-order valence-corrected chi connectivity index (χ4v) is 1.95. The lowest BCUT2D eigenvalue weighted by Crippen LogP contribution is -2.11. The Morgan fingerprint density at radius 3 is 2.58 bits per heavy atom. The first-order chi connectivity index (χ1) is 8.84. The summed E-state index contributed by atoms with van der Waals surface area (Å²) in [4.78, 5) is 0. The summed E-state index contributed by atoms with van der Waals surface area (Å²) in [6.45, 7) is 2.32. The molecule has 2 rings (SSSR count). The van der Waals surface area contributed by atoms with Crippen LogP contribution < -0.4 is 5.32 Å². The summed E-state index contributed by atoms with van der Waals surface area (Å²) in [7, 11) is 3.44. The van der Waals surface area contributed by atoms with E-state index in [1.165, 1.54) is 9.36 Å². The Bertz CT molecular complexity index is 582. The predicted molar refractivity (Wildman–Crippen MR) is 62.8 cm³/mol. The van der Waals surface area contributed by atoms with E-state index in [1.807, 2.05) is 6.92 Å². The quantitative estimate of drug-likeness (QED) is 0.925. The molecule has 104 valence electrons. The monoisotopic (exact) mass is 273 g/mol. The van der Waals surface area contributed by atoms with Crippen LogP contribution in [0.2, 0.25) is 0 Å². The van der Waals surface area contributed by atoms with Crippen LogP contribution in [0.4, 0.5) is 13.2 Å². The van der Waals surface area contributed by atoms with E-state index in [9.17, 15) is 13.2 Å². The van der Waals surface area contributed by atoms with E-state index >= 15 is 0 Å². The molecule has 1 N–H and O–H groups in total. The first kappa shape index (κ1) is 13.6. The van der Waals surface area contributed by atoms with Crippen molar-refractivity contribution in [2.24, 2.45) is 7.05 Å². The van der Waals surface area contributed by atoms with E-state index < -0.39 is 11.7 Å². The molecule has 2 heterocycles. The maximum Gasteiger partial charge on any atom is 0.419 e. The Balaban J connectivity index is 2.50. The Morgan fingerprint density at radius 1 is 1.37 bits per heavy atom. The van der Waals surface area contributed by atoms with Crippen molar-refractivity contribution >= 4 is 0 Å². The number of halogens is 3. The summed E-state index contributed by atoms with van der Waals surface area (Å²) in [6, 6.07) is 0. The highest BCUT2D eigenvalue weighted by atomic mass is 19.4. The summed E-state index contributed by atoms with van der Waals surface area (Å²) in [5.41, 5.74) is 0.805. The highest BCUT2D eigenvalue weighted by Gasteiger charge is 2.32. The minimum atomic E-state index is -4.39. The molecule has 19 heavy (non-hydrogen) atoms. The number of aryl methyl sites for hydroxylation is 2. The third-order valence-corrected chi connectivity index (χ3v) is 2.79. The van der Waals surface area contributed by atoms with E-state index in [1.54, 1.807) is 14.1 Å². The lowest BCUT2D eigenvalue weighted by atomic mass is 10.2. The molecule has 0 atom stereocenters. The summed E-state index contributed by atoms with van der Waals surface area (Å²) >= 11 is 0. The van der Waals surface area contributed by atoms with Crippen LogP contribution in [0, 0.1) is 6.92 Å². The van der Waals surface area contributed by atoms with Crippen LogP contribution in [0.3, 0.4) is 0 Å². The Kier molecular flexibility index (Phi) is 3.36. The van der Waals surface area contributed by atoms with Gasteiger partial charge in [-0.2, -0.15) is 23.4 Å². The molecule has 0 spiro atoms. The molecule has 0 amide bonds. The lowest BCUT2D eigenvalue weighted by Gasteiger charge is -2.06. The maximum absolute atomic E-state index is 12.6. The van der Waals surface area contributed by atoms with Crippen molar-refractivity contribution in [1.82, 2.24) is 24.9 Å². The molecule has 2 aromatic rings. The zero-order valence-corrected chi connectivity index (χ0v) is 10.8. The summed E-state index contributed by atoms with van der Waals surface area (Å²) in [5, 5.41) is 11.0. The van der Waals surface area contributed by atoms with Gasteiger partial charge in [-0.25, -0.2) is 4.68 Å². The normalized spacial score (nSPS) is 12.1. The topological polar surface area (TPSA) is 47.7 Å². The van der Waals surface area contributed by atoms with Crippen LogP contribution in [0.1, 0.15) is 16.8 Å². The second-order valence-corrected chi connectivity index (χ2v) is 4.21. The molecule has 0 aliphatic rings. The van der Waals surface area contributed by atoms with Crippen molar-refractivity contribution in [2.45, 2.75) is 19.6 Å². The second kappa shape index (κ2) is 4.69. The van der Waals surface area contributed by atoms with Gasteiger partial charge >= 0.3 is 6.18 Å². The van der Waals surface area contributed by atoms with Crippen LogP contribution in [0.25, 0.3) is 5.82 Å². The number of hydrogen-bond acceptors (Lipinski definition) is 3. The lowest BCUT2D eigenvalue weighted by molar-refractivity contribution is -0.137. The molecule has 0 aliphatic heterocycles. The summed E-state index contributed by atoms with van der Waals surface area (Å²) in [6.07, 6.45) is -2.61. The van der Waals surface area contributed by atoms with E-state index in [0.717, 1.165) is 23.7 Å². The maximum atomic E-state index is 12.6. The zero-order valence-electron chi connectivity index (χ0n) is 10.8. The highest BCUT2D eigenvalue weighted by Crippen LogP contribution is 2.29. The van der Waals surface area contributed by atoms with Gasteiger partial charge < -0.3 is 5.32 Å². The minimum absolute atomic E-state index is 0.510. The van der Waals surface area contributed by atoms with Crippen LogP contribution in [0.5, 0.6) is 0 Å². The zero-order chi connectivity index (χ0) is 14.2. The summed E-state index contributed by atoms with van der Waals surface area (Å²) in [5.74, 6) is 0.530. The Hall–Kier alpha value is -1.83. The van der Waals surface area contributed by atoms with E-state index in [2.05, 4.69) is 15.5 Å². The van der Waals surface area contributed by atoms with Crippen LogP contribution in [-0.4, -0.2) is 26.6 Å². The highest BCUT2D eigenvalue weighted by molar-refractivity contribution is 5.38. The molecule has 0 bridgehead atoms. The molecule has 5 nitrogen and oxygen atoms in total. The molecular formula is C11H14F3N5. The second-order valence-electron chi connectivity index (χ2n) is 4.21. The summed E-state index contributed by atoms with van der Waals surface area (Å²) < 4.78 is 40.5. The first-order valence-electron chi connectivity index (χ1n) is 5.64. The van der Waals surface area contributed by atoms with Gasteiger partial charge in [0.1, 0.15) is 0 Å². The number of aromatic nitrogens is 4. The van der Waals surface area contributed by atoms with Crippen LogP contribution >= 0.6 is 0 Å². The number of alkyl halides is 3. The molecule has 8 heteroatoms.